The molecule has 0 amide bonds. The fourth-order valence-corrected chi connectivity index (χ4v) is 3.37. The Morgan fingerprint density at radius 3 is 2.79 bits per heavy atom. The van der Waals surface area contributed by atoms with Crippen LogP contribution in [0.1, 0.15) is 23.4 Å². The lowest BCUT2D eigenvalue weighted by Crippen LogP contribution is -2.03. The van der Waals surface area contributed by atoms with Gasteiger partial charge in [-0.15, -0.1) is 16.8 Å². The van der Waals surface area contributed by atoms with Crippen molar-refractivity contribution in [1.29, 1.82) is 0 Å². The molecule has 6 heteroatoms. The molecule has 2 aromatic heterocycles. The summed E-state index contributed by atoms with van der Waals surface area (Å²) < 4.78 is 2.09. The smallest absolute Gasteiger partial charge is 0.192 e. The number of hydrogen-bond acceptors (Lipinski definition) is 5. The van der Waals surface area contributed by atoms with Crippen molar-refractivity contribution in [2.24, 2.45) is 0 Å². The van der Waals surface area contributed by atoms with Gasteiger partial charge in [-0.05, 0) is 19.4 Å². The van der Waals surface area contributed by atoms with Crippen LogP contribution in [0.2, 0.25) is 0 Å². The van der Waals surface area contributed by atoms with Crippen LogP contribution < -0.4 is 0 Å². The summed E-state index contributed by atoms with van der Waals surface area (Å²) in [6.07, 6.45) is 7.04. The molecule has 0 aliphatic carbocycles. The van der Waals surface area contributed by atoms with E-state index in [0.29, 0.717) is 6.54 Å². The lowest BCUT2D eigenvalue weighted by Gasteiger charge is -2.12. The van der Waals surface area contributed by atoms with Gasteiger partial charge in [0, 0.05) is 30.7 Å². The largest absolute Gasteiger partial charge is 0.298 e. The van der Waals surface area contributed by atoms with E-state index in [2.05, 4.69) is 57.3 Å². The summed E-state index contributed by atoms with van der Waals surface area (Å²) in [5, 5.41) is 9.81. The maximum absolute atomic E-state index is 4.42. The van der Waals surface area contributed by atoms with Crippen molar-refractivity contribution < 1.29 is 0 Å². The first-order valence-electron chi connectivity index (χ1n) is 7.73. The molecule has 5 nitrogen and oxygen atoms in total. The van der Waals surface area contributed by atoms with Gasteiger partial charge in [-0.1, -0.05) is 42.1 Å². The zero-order valence-electron chi connectivity index (χ0n) is 13.8. The highest BCUT2D eigenvalue weighted by molar-refractivity contribution is 7.99. The van der Waals surface area contributed by atoms with Crippen molar-refractivity contribution in [2.75, 3.05) is 0 Å². The second-order valence-corrected chi connectivity index (χ2v) is 6.72. The lowest BCUT2D eigenvalue weighted by molar-refractivity contribution is 0.728. The molecule has 0 fully saturated rings. The minimum Gasteiger partial charge on any atom is -0.298 e. The molecule has 24 heavy (non-hydrogen) atoms. The van der Waals surface area contributed by atoms with Crippen LogP contribution in [0.15, 0.2) is 60.7 Å². The van der Waals surface area contributed by atoms with E-state index in [0.717, 1.165) is 22.2 Å². The normalized spacial score (nSPS) is 12.1. The average molecular weight is 337 g/mol. The van der Waals surface area contributed by atoms with E-state index >= 15 is 0 Å². The molecule has 2 heterocycles. The summed E-state index contributed by atoms with van der Waals surface area (Å²) in [5.74, 6) is 0.863. The molecule has 3 rings (SSSR count). The van der Waals surface area contributed by atoms with Crippen LogP contribution in [0.5, 0.6) is 0 Å². The van der Waals surface area contributed by atoms with E-state index in [1.54, 1.807) is 30.4 Å². The summed E-state index contributed by atoms with van der Waals surface area (Å²) in [7, 11) is 0. The molecule has 122 valence electrons. The van der Waals surface area contributed by atoms with E-state index in [9.17, 15) is 0 Å². The van der Waals surface area contributed by atoms with E-state index in [1.165, 1.54) is 5.56 Å². The third-order valence-electron chi connectivity index (χ3n) is 3.70. The monoisotopic (exact) mass is 337 g/mol. The second-order valence-electron chi connectivity index (χ2n) is 5.41. The molecule has 0 aliphatic rings. The molecule has 0 bridgehead atoms. The summed E-state index contributed by atoms with van der Waals surface area (Å²) in [6.45, 7) is 8.70. The number of allylic oxidation sites excluding steroid dienone is 1. The molecule has 0 saturated heterocycles. The predicted molar refractivity (Wildman–Crippen MR) is 96.7 cm³/mol. The fourth-order valence-electron chi connectivity index (χ4n) is 2.43. The van der Waals surface area contributed by atoms with Gasteiger partial charge in [0.15, 0.2) is 11.0 Å². The summed E-state index contributed by atoms with van der Waals surface area (Å²) >= 11 is 1.62. The van der Waals surface area contributed by atoms with Gasteiger partial charge in [-0.2, -0.15) is 0 Å². The molecular formula is C18H19N5S. The van der Waals surface area contributed by atoms with Crippen LogP contribution in [0, 0.1) is 6.92 Å². The van der Waals surface area contributed by atoms with Gasteiger partial charge in [0.25, 0.3) is 0 Å². The van der Waals surface area contributed by atoms with Gasteiger partial charge < -0.3 is 0 Å². The quantitative estimate of drug-likeness (QED) is 0.501. The Morgan fingerprint density at radius 2 is 2.08 bits per heavy atom. The molecule has 3 aromatic rings. The molecule has 1 atom stereocenters. The van der Waals surface area contributed by atoms with Crippen LogP contribution >= 0.6 is 11.8 Å². The van der Waals surface area contributed by atoms with Crippen molar-refractivity contribution in [3.8, 4) is 11.4 Å². The van der Waals surface area contributed by atoms with Crippen molar-refractivity contribution in [3.05, 3.63) is 66.8 Å². The Hall–Kier alpha value is -2.47. The van der Waals surface area contributed by atoms with E-state index in [-0.39, 0.29) is 5.25 Å². The Labute approximate surface area is 145 Å². The van der Waals surface area contributed by atoms with Crippen molar-refractivity contribution >= 4 is 11.8 Å². The minimum absolute atomic E-state index is 0.135. The number of aryl methyl sites for hydroxylation is 1. The highest BCUT2D eigenvalue weighted by atomic mass is 32.2. The Balaban J connectivity index is 1.95. The van der Waals surface area contributed by atoms with Gasteiger partial charge in [0.1, 0.15) is 0 Å². The summed E-state index contributed by atoms with van der Waals surface area (Å²) in [6, 6.07) is 8.19. The highest BCUT2D eigenvalue weighted by Crippen LogP contribution is 2.34. The van der Waals surface area contributed by atoms with Gasteiger partial charge in [-0.25, -0.2) is 0 Å². The van der Waals surface area contributed by atoms with Crippen LogP contribution in [0.25, 0.3) is 11.4 Å². The average Bonchev–Trinajstić information content (AvgIpc) is 2.99. The first-order chi connectivity index (χ1) is 11.7. The maximum atomic E-state index is 4.42. The number of aromatic nitrogens is 5. The Bertz CT molecular complexity index is 828. The summed E-state index contributed by atoms with van der Waals surface area (Å²) in [4.78, 5) is 8.50. The Kier molecular flexibility index (Phi) is 5.05. The molecular weight excluding hydrogens is 318 g/mol. The van der Waals surface area contributed by atoms with Gasteiger partial charge in [0.2, 0.25) is 0 Å². The highest BCUT2D eigenvalue weighted by Gasteiger charge is 2.18. The molecule has 0 unspecified atom stereocenters. The fraction of sp³-hybridized carbons (Fsp3) is 0.222. The third kappa shape index (κ3) is 3.38. The summed E-state index contributed by atoms with van der Waals surface area (Å²) in [5.41, 5.74) is 3.19. The van der Waals surface area contributed by atoms with Crippen LogP contribution in [0.3, 0.4) is 0 Å². The number of rotatable bonds is 6. The molecule has 0 N–H and O–H groups in total. The standard InChI is InChI=1S/C18H19N5S/c1-4-11-23-17(15-8-6-5-7-13(15)2)21-22-18(23)24-14(3)16-12-19-9-10-20-16/h4-10,12,14H,1,11H2,2-3H3/t14-/m1/s1. The molecule has 0 aliphatic heterocycles. The topological polar surface area (TPSA) is 56.5 Å². The maximum Gasteiger partial charge on any atom is 0.192 e. The molecule has 0 saturated carbocycles. The first kappa shape index (κ1) is 16.4. The zero-order valence-corrected chi connectivity index (χ0v) is 14.6. The number of benzene rings is 1. The van der Waals surface area contributed by atoms with E-state index in [4.69, 9.17) is 0 Å². The lowest BCUT2D eigenvalue weighted by atomic mass is 10.1. The Morgan fingerprint density at radius 1 is 1.25 bits per heavy atom. The van der Waals surface area contributed by atoms with Crippen molar-refractivity contribution in [1.82, 2.24) is 24.7 Å². The van der Waals surface area contributed by atoms with E-state index in [1.807, 2.05) is 18.2 Å². The van der Waals surface area contributed by atoms with Gasteiger partial charge >= 0.3 is 0 Å². The third-order valence-corrected chi connectivity index (χ3v) is 4.80. The zero-order chi connectivity index (χ0) is 16.9. The van der Waals surface area contributed by atoms with Crippen LogP contribution in [-0.4, -0.2) is 24.7 Å². The SMILES string of the molecule is C=CCn1c(S[C@H](C)c2cnccn2)nnc1-c1ccccc1C. The van der Waals surface area contributed by atoms with Gasteiger partial charge in [0.05, 0.1) is 10.9 Å². The van der Waals surface area contributed by atoms with E-state index < -0.39 is 0 Å². The van der Waals surface area contributed by atoms with Gasteiger partial charge in [-0.3, -0.25) is 14.5 Å². The second kappa shape index (κ2) is 7.40. The van der Waals surface area contributed by atoms with Crippen molar-refractivity contribution in [3.63, 3.8) is 0 Å². The van der Waals surface area contributed by atoms with Crippen LogP contribution in [-0.2, 0) is 6.54 Å². The minimum atomic E-state index is 0.135. The molecule has 0 spiro atoms. The number of thioether (sulfide) groups is 1. The van der Waals surface area contributed by atoms with Crippen LogP contribution in [0.4, 0.5) is 0 Å². The molecule has 1 aromatic carbocycles. The number of nitrogens with zero attached hydrogens (tertiary/aromatic N) is 5. The molecule has 0 radical (unpaired) electrons. The predicted octanol–water partition coefficient (Wildman–Crippen LogP) is 4.08. The van der Waals surface area contributed by atoms with Crippen molar-refractivity contribution in [2.45, 2.75) is 30.8 Å². The first-order valence-corrected chi connectivity index (χ1v) is 8.61. The number of hydrogen-bond donors (Lipinski definition) is 0.